The minimum absolute atomic E-state index is 0.558. The first-order valence-corrected chi connectivity index (χ1v) is 10.3. The predicted octanol–water partition coefficient (Wildman–Crippen LogP) is 3.38. The summed E-state index contributed by atoms with van der Waals surface area (Å²) in [6.07, 6.45) is 6.37. The molecule has 6 nitrogen and oxygen atoms in total. The Balaban J connectivity index is 0.000000208. The SMILES string of the molecule is O=C(O)C=CC(=O)O.c1ccc2c(c1)Cc1sc([C@@H]3C[C@H]4CCCN4C3)nc1-2. The van der Waals surface area contributed by atoms with Crippen molar-refractivity contribution >= 4 is 23.3 Å². The van der Waals surface area contributed by atoms with E-state index < -0.39 is 11.9 Å². The molecule has 28 heavy (non-hydrogen) atoms. The van der Waals surface area contributed by atoms with Gasteiger partial charge in [-0.15, -0.1) is 11.3 Å². The van der Waals surface area contributed by atoms with Crippen LogP contribution in [0.25, 0.3) is 11.3 Å². The second kappa shape index (κ2) is 7.85. The summed E-state index contributed by atoms with van der Waals surface area (Å²) in [4.78, 5) is 28.3. The quantitative estimate of drug-likeness (QED) is 0.658. The number of aliphatic carboxylic acids is 2. The average Bonchev–Trinajstić information content (AvgIpc) is 3.38. The standard InChI is InChI=1S/C17H18N2S.C4H4O4/c1-2-6-14-11(4-1)9-15-16(14)18-17(20-15)12-8-13-5-3-7-19(13)10-12;5-3(6)1-2-4(7)8/h1-2,4,6,12-13H,3,5,7-10H2;1-2H,(H,5,6)(H,7,8)/t12-,13-;/m1./s1. The summed E-state index contributed by atoms with van der Waals surface area (Å²) in [5.41, 5.74) is 4.12. The molecular formula is C21H22N2O4S. The summed E-state index contributed by atoms with van der Waals surface area (Å²) < 4.78 is 0. The van der Waals surface area contributed by atoms with Crippen molar-refractivity contribution in [2.75, 3.05) is 13.1 Å². The Morgan fingerprint density at radius 2 is 1.93 bits per heavy atom. The van der Waals surface area contributed by atoms with E-state index in [-0.39, 0.29) is 0 Å². The number of rotatable bonds is 3. The van der Waals surface area contributed by atoms with Crippen LogP contribution in [0.2, 0.25) is 0 Å². The molecule has 0 spiro atoms. The van der Waals surface area contributed by atoms with Crippen molar-refractivity contribution in [3.05, 3.63) is 51.9 Å². The van der Waals surface area contributed by atoms with Gasteiger partial charge in [-0.05, 0) is 31.4 Å². The van der Waals surface area contributed by atoms with Crippen molar-refractivity contribution < 1.29 is 19.8 Å². The van der Waals surface area contributed by atoms with Crippen molar-refractivity contribution in [3.63, 3.8) is 0 Å². The van der Waals surface area contributed by atoms with Gasteiger partial charge in [-0.25, -0.2) is 14.6 Å². The number of hydrogen-bond acceptors (Lipinski definition) is 5. The van der Waals surface area contributed by atoms with E-state index in [4.69, 9.17) is 15.2 Å². The fraction of sp³-hybridized carbons (Fsp3) is 0.381. The molecular weight excluding hydrogens is 376 g/mol. The Morgan fingerprint density at radius 1 is 1.18 bits per heavy atom. The number of nitrogens with zero attached hydrogens (tertiary/aromatic N) is 2. The molecule has 0 unspecified atom stereocenters. The van der Waals surface area contributed by atoms with Crippen molar-refractivity contribution in [1.82, 2.24) is 9.88 Å². The summed E-state index contributed by atoms with van der Waals surface area (Å²) in [5, 5.41) is 17.0. The number of carboxylic acid groups (broad SMARTS) is 2. The van der Waals surface area contributed by atoms with Gasteiger partial charge < -0.3 is 10.2 Å². The summed E-state index contributed by atoms with van der Waals surface area (Å²) in [5.74, 6) is -1.82. The van der Waals surface area contributed by atoms with Gasteiger partial charge in [-0.1, -0.05) is 24.3 Å². The molecule has 1 aliphatic carbocycles. The molecule has 0 amide bonds. The van der Waals surface area contributed by atoms with Crippen LogP contribution in [0.3, 0.4) is 0 Å². The number of thiazole rings is 1. The molecule has 0 saturated carbocycles. The normalized spacial score (nSPS) is 22.4. The van der Waals surface area contributed by atoms with E-state index in [0.717, 1.165) is 12.5 Å². The Kier molecular flexibility index (Phi) is 5.28. The molecule has 2 N–H and O–H groups in total. The molecule has 7 heteroatoms. The first kappa shape index (κ1) is 18.8. The summed E-state index contributed by atoms with van der Waals surface area (Å²) in [7, 11) is 0. The molecule has 2 aliphatic heterocycles. The van der Waals surface area contributed by atoms with Gasteiger partial charge in [0, 0.05) is 47.5 Å². The van der Waals surface area contributed by atoms with Gasteiger partial charge in [0.1, 0.15) is 0 Å². The Bertz CT molecular complexity index is 908. The molecule has 1 aromatic heterocycles. The number of fused-ring (bicyclic) bond motifs is 4. The number of aromatic nitrogens is 1. The van der Waals surface area contributed by atoms with E-state index in [1.165, 1.54) is 59.1 Å². The van der Waals surface area contributed by atoms with E-state index >= 15 is 0 Å². The van der Waals surface area contributed by atoms with Crippen molar-refractivity contribution in [2.24, 2.45) is 0 Å². The minimum atomic E-state index is -1.26. The molecule has 0 radical (unpaired) electrons. The van der Waals surface area contributed by atoms with Crippen molar-refractivity contribution in [2.45, 2.75) is 37.6 Å². The molecule has 3 aliphatic rings. The smallest absolute Gasteiger partial charge is 0.328 e. The zero-order valence-electron chi connectivity index (χ0n) is 15.4. The van der Waals surface area contributed by atoms with Crippen molar-refractivity contribution in [1.29, 1.82) is 0 Å². The average molecular weight is 398 g/mol. The van der Waals surface area contributed by atoms with Crippen LogP contribution in [-0.2, 0) is 16.0 Å². The predicted molar refractivity (Wildman–Crippen MR) is 107 cm³/mol. The summed E-state index contributed by atoms with van der Waals surface area (Å²) in [6, 6.07) is 9.61. The van der Waals surface area contributed by atoms with Gasteiger partial charge in [0.15, 0.2) is 0 Å². The van der Waals surface area contributed by atoms with Crippen LogP contribution in [0.1, 0.15) is 40.6 Å². The highest BCUT2D eigenvalue weighted by atomic mass is 32.1. The lowest BCUT2D eigenvalue weighted by Crippen LogP contribution is -2.22. The van der Waals surface area contributed by atoms with Crippen LogP contribution in [0, 0.1) is 0 Å². The fourth-order valence-electron chi connectivity index (χ4n) is 4.36. The third-order valence-electron chi connectivity index (χ3n) is 5.57. The highest BCUT2D eigenvalue weighted by Crippen LogP contribution is 2.44. The molecule has 2 aromatic rings. The molecule has 5 rings (SSSR count). The van der Waals surface area contributed by atoms with E-state index in [9.17, 15) is 9.59 Å². The van der Waals surface area contributed by atoms with Crippen LogP contribution < -0.4 is 0 Å². The Morgan fingerprint density at radius 3 is 2.64 bits per heavy atom. The molecule has 2 fully saturated rings. The largest absolute Gasteiger partial charge is 0.478 e. The maximum absolute atomic E-state index is 9.55. The molecule has 3 heterocycles. The van der Waals surface area contributed by atoms with Crippen LogP contribution in [0.5, 0.6) is 0 Å². The van der Waals surface area contributed by atoms with Gasteiger partial charge in [0.05, 0.1) is 10.7 Å². The highest BCUT2D eigenvalue weighted by molar-refractivity contribution is 7.12. The fourth-order valence-corrected chi connectivity index (χ4v) is 5.57. The Hall–Kier alpha value is -2.51. The first-order chi connectivity index (χ1) is 13.5. The van der Waals surface area contributed by atoms with E-state index in [1.54, 1.807) is 0 Å². The first-order valence-electron chi connectivity index (χ1n) is 9.47. The van der Waals surface area contributed by atoms with Gasteiger partial charge in [-0.3, -0.25) is 4.90 Å². The van der Waals surface area contributed by atoms with E-state index in [0.29, 0.717) is 18.1 Å². The summed E-state index contributed by atoms with van der Waals surface area (Å²) >= 11 is 1.98. The van der Waals surface area contributed by atoms with E-state index in [2.05, 4.69) is 29.2 Å². The monoisotopic (exact) mass is 398 g/mol. The second-order valence-electron chi connectivity index (χ2n) is 7.39. The maximum Gasteiger partial charge on any atom is 0.328 e. The lowest BCUT2D eigenvalue weighted by Gasteiger charge is -2.12. The van der Waals surface area contributed by atoms with Crippen LogP contribution >= 0.6 is 11.3 Å². The number of hydrogen-bond donors (Lipinski definition) is 2. The van der Waals surface area contributed by atoms with E-state index in [1.807, 2.05) is 11.3 Å². The van der Waals surface area contributed by atoms with Gasteiger partial charge in [0.25, 0.3) is 0 Å². The van der Waals surface area contributed by atoms with Crippen molar-refractivity contribution in [3.8, 4) is 11.3 Å². The maximum atomic E-state index is 9.55. The molecule has 2 saturated heterocycles. The van der Waals surface area contributed by atoms with Gasteiger partial charge >= 0.3 is 11.9 Å². The van der Waals surface area contributed by atoms with Crippen LogP contribution in [0.4, 0.5) is 0 Å². The second-order valence-corrected chi connectivity index (χ2v) is 8.51. The van der Waals surface area contributed by atoms with Gasteiger partial charge in [-0.2, -0.15) is 0 Å². The topological polar surface area (TPSA) is 90.7 Å². The van der Waals surface area contributed by atoms with Crippen LogP contribution in [-0.4, -0.2) is 51.2 Å². The third kappa shape index (κ3) is 3.86. The minimum Gasteiger partial charge on any atom is -0.478 e. The zero-order chi connectivity index (χ0) is 19.7. The number of carboxylic acids is 2. The molecule has 146 valence electrons. The summed E-state index contributed by atoms with van der Waals surface area (Å²) in [6.45, 7) is 2.56. The van der Waals surface area contributed by atoms with Crippen LogP contribution in [0.15, 0.2) is 36.4 Å². The zero-order valence-corrected chi connectivity index (χ0v) is 16.2. The lowest BCUT2D eigenvalue weighted by atomic mass is 10.0. The third-order valence-corrected chi connectivity index (χ3v) is 6.78. The highest BCUT2D eigenvalue weighted by Gasteiger charge is 2.38. The Labute approximate surface area is 167 Å². The molecule has 1 aromatic carbocycles. The number of benzene rings is 1. The molecule has 2 atom stereocenters. The lowest BCUT2D eigenvalue weighted by molar-refractivity contribution is -0.134. The molecule has 0 bridgehead atoms. The van der Waals surface area contributed by atoms with Gasteiger partial charge in [0.2, 0.25) is 0 Å². The number of carbonyl (C=O) groups is 2.